The summed E-state index contributed by atoms with van der Waals surface area (Å²) in [7, 11) is 0. The molecule has 0 fully saturated rings. The standard InChI is InChI=1S/C23H18N4O/c28-23(24-12-11-16-14-25-18-6-2-1-5-17(16)18)15-9-10-21-22(13-15)27-20-8-4-3-7-19(20)26-21/h1-10,13-14,25H,11-12H2,(H,24,28). The van der Waals surface area contributed by atoms with Crippen LogP contribution in [0.4, 0.5) is 0 Å². The molecule has 0 aliphatic rings. The minimum absolute atomic E-state index is 0.100. The van der Waals surface area contributed by atoms with Crippen molar-refractivity contribution in [1.82, 2.24) is 20.3 Å². The molecule has 5 aromatic rings. The topological polar surface area (TPSA) is 70.7 Å². The zero-order valence-electron chi connectivity index (χ0n) is 15.1. The van der Waals surface area contributed by atoms with Gasteiger partial charge in [0.15, 0.2) is 0 Å². The van der Waals surface area contributed by atoms with Crippen LogP contribution < -0.4 is 5.32 Å². The highest BCUT2D eigenvalue weighted by molar-refractivity contribution is 5.98. The lowest BCUT2D eigenvalue weighted by molar-refractivity contribution is 0.0954. The number of nitrogens with zero attached hydrogens (tertiary/aromatic N) is 2. The Hall–Kier alpha value is -3.73. The second kappa shape index (κ2) is 6.78. The van der Waals surface area contributed by atoms with Crippen LogP contribution in [0.2, 0.25) is 0 Å². The number of para-hydroxylation sites is 3. The number of benzene rings is 3. The van der Waals surface area contributed by atoms with Crippen molar-refractivity contribution in [2.24, 2.45) is 0 Å². The summed E-state index contributed by atoms with van der Waals surface area (Å²) in [5, 5.41) is 4.20. The first-order chi connectivity index (χ1) is 13.8. The fourth-order valence-corrected chi connectivity index (χ4v) is 3.51. The molecule has 2 N–H and O–H groups in total. The average Bonchev–Trinajstić information content (AvgIpc) is 3.15. The quantitative estimate of drug-likeness (QED) is 0.468. The SMILES string of the molecule is O=C(NCCc1c[nH]c2ccccc12)c1ccc2nc3ccccc3nc2c1. The maximum atomic E-state index is 12.6. The van der Waals surface area contributed by atoms with Crippen LogP contribution >= 0.6 is 0 Å². The number of nitrogens with one attached hydrogen (secondary N) is 2. The van der Waals surface area contributed by atoms with Gasteiger partial charge in [-0.1, -0.05) is 30.3 Å². The summed E-state index contributed by atoms with van der Waals surface area (Å²) in [4.78, 5) is 25.1. The lowest BCUT2D eigenvalue weighted by Crippen LogP contribution is -2.25. The third-order valence-electron chi connectivity index (χ3n) is 4.96. The molecule has 5 heteroatoms. The highest BCUT2D eigenvalue weighted by Gasteiger charge is 2.09. The van der Waals surface area contributed by atoms with Crippen LogP contribution in [-0.4, -0.2) is 27.4 Å². The molecule has 0 saturated carbocycles. The molecular weight excluding hydrogens is 348 g/mol. The predicted octanol–water partition coefficient (Wildman–Crippen LogP) is 4.24. The lowest BCUT2D eigenvalue weighted by Gasteiger charge is -2.06. The van der Waals surface area contributed by atoms with Crippen LogP contribution in [-0.2, 0) is 6.42 Å². The van der Waals surface area contributed by atoms with Crippen molar-refractivity contribution >= 4 is 38.9 Å². The van der Waals surface area contributed by atoms with Crippen LogP contribution in [0.3, 0.4) is 0 Å². The number of rotatable bonds is 4. The highest BCUT2D eigenvalue weighted by atomic mass is 16.1. The van der Waals surface area contributed by atoms with E-state index in [0.717, 1.165) is 34.0 Å². The van der Waals surface area contributed by atoms with Gasteiger partial charge in [0.2, 0.25) is 0 Å². The zero-order valence-corrected chi connectivity index (χ0v) is 15.1. The minimum atomic E-state index is -0.100. The van der Waals surface area contributed by atoms with Crippen LogP contribution in [0.1, 0.15) is 15.9 Å². The second-order valence-corrected chi connectivity index (χ2v) is 6.78. The molecule has 2 aromatic heterocycles. The molecule has 3 aromatic carbocycles. The van der Waals surface area contributed by atoms with E-state index in [9.17, 15) is 4.79 Å². The van der Waals surface area contributed by atoms with Crippen molar-refractivity contribution in [2.75, 3.05) is 6.54 Å². The Balaban J connectivity index is 1.33. The Morgan fingerprint density at radius 3 is 2.43 bits per heavy atom. The Labute approximate surface area is 161 Å². The lowest BCUT2D eigenvalue weighted by atomic mass is 10.1. The molecule has 0 unspecified atom stereocenters. The normalized spacial score (nSPS) is 11.3. The van der Waals surface area contributed by atoms with Crippen molar-refractivity contribution in [3.63, 3.8) is 0 Å². The summed E-state index contributed by atoms with van der Waals surface area (Å²) in [6.07, 6.45) is 2.78. The van der Waals surface area contributed by atoms with Gasteiger partial charge in [-0.25, -0.2) is 9.97 Å². The monoisotopic (exact) mass is 366 g/mol. The maximum Gasteiger partial charge on any atom is 0.251 e. The fraction of sp³-hybridized carbons (Fsp3) is 0.0870. The van der Waals surface area contributed by atoms with E-state index < -0.39 is 0 Å². The smallest absolute Gasteiger partial charge is 0.251 e. The molecule has 5 nitrogen and oxygen atoms in total. The number of H-pyrrole nitrogens is 1. The van der Waals surface area contributed by atoms with Crippen molar-refractivity contribution in [3.8, 4) is 0 Å². The molecule has 136 valence electrons. The molecule has 0 radical (unpaired) electrons. The van der Waals surface area contributed by atoms with Gasteiger partial charge in [0, 0.05) is 29.2 Å². The van der Waals surface area contributed by atoms with E-state index in [2.05, 4.69) is 32.4 Å². The molecule has 28 heavy (non-hydrogen) atoms. The van der Waals surface area contributed by atoms with E-state index in [1.807, 2.05) is 48.7 Å². The third-order valence-corrected chi connectivity index (χ3v) is 4.96. The van der Waals surface area contributed by atoms with Crippen LogP contribution in [0.5, 0.6) is 0 Å². The molecule has 0 bridgehead atoms. The van der Waals surface area contributed by atoms with Crippen molar-refractivity contribution in [3.05, 3.63) is 84.1 Å². The molecular formula is C23H18N4O. The molecule has 0 saturated heterocycles. The summed E-state index contributed by atoms with van der Waals surface area (Å²) in [6, 6.07) is 21.4. The van der Waals surface area contributed by atoms with E-state index in [1.165, 1.54) is 10.9 Å². The first-order valence-corrected chi connectivity index (χ1v) is 9.28. The number of amides is 1. The Kier molecular flexibility index (Phi) is 3.98. The largest absolute Gasteiger partial charge is 0.361 e. The Morgan fingerprint density at radius 1 is 0.857 bits per heavy atom. The van der Waals surface area contributed by atoms with Crippen LogP contribution in [0.25, 0.3) is 33.0 Å². The number of hydrogen-bond donors (Lipinski definition) is 2. The van der Waals surface area contributed by atoms with Crippen molar-refractivity contribution in [1.29, 1.82) is 0 Å². The summed E-state index contributed by atoms with van der Waals surface area (Å²) in [5.41, 5.74) is 6.10. The number of carbonyl (C=O) groups excluding carboxylic acids is 1. The first-order valence-electron chi connectivity index (χ1n) is 9.28. The zero-order chi connectivity index (χ0) is 18.9. The van der Waals surface area contributed by atoms with E-state index >= 15 is 0 Å². The van der Waals surface area contributed by atoms with Gasteiger partial charge < -0.3 is 10.3 Å². The van der Waals surface area contributed by atoms with Gasteiger partial charge in [-0.3, -0.25) is 4.79 Å². The molecule has 0 spiro atoms. The second-order valence-electron chi connectivity index (χ2n) is 6.78. The van der Waals surface area contributed by atoms with Gasteiger partial charge in [-0.15, -0.1) is 0 Å². The highest BCUT2D eigenvalue weighted by Crippen LogP contribution is 2.19. The van der Waals surface area contributed by atoms with E-state index in [-0.39, 0.29) is 5.91 Å². The average molecular weight is 366 g/mol. The number of aromatic nitrogens is 3. The van der Waals surface area contributed by atoms with Gasteiger partial charge in [-0.05, 0) is 48.4 Å². The van der Waals surface area contributed by atoms with Gasteiger partial charge in [0.25, 0.3) is 5.91 Å². The molecule has 0 aliphatic carbocycles. The number of fused-ring (bicyclic) bond motifs is 3. The maximum absolute atomic E-state index is 12.6. The first kappa shape index (κ1) is 16.4. The summed E-state index contributed by atoms with van der Waals surface area (Å²) >= 11 is 0. The van der Waals surface area contributed by atoms with Crippen LogP contribution in [0, 0.1) is 0 Å². The third kappa shape index (κ3) is 2.97. The molecule has 0 aliphatic heterocycles. The van der Waals surface area contributed by atoms with Crippen molar-refractivity contribution in [2.45, 2.75) is 6.42 Å². The molecule has 1 amide bonds. The van der Waals surface area contributed by atoms with E-state index in [1.54, 1.807) is 12.1 Å². The summed E-state index contributed by atoms with van der Waals surface area (Å²) < 4.78 is 0. The summed E-state index contributed by atoms with van der Waals surface area (Å²) in [5.74, 6) is -0.100. The number of aromatic amines is 1. The van der Waals surface area contributed by atoms with Gasteiger partial charge in [0.05, 0.1) is 22.1 Å². The molecule has 0 atom stereocenters. The van der Waals surface area contributed by atoms with Gasteiger partial charge >= 0.3 is 0 Å². The number of hydrogen-bond acceptors (Lipinski definition) is 3. The Bertz CT molecular complexity index is 1320. The van der Waals surface area contributed by atoms with E-state index in [0.29, 0.717) is 12.1 Å². The van der Waals surface area contributed by atoms with E-state index in [4.69, 9.17) is 0 Å². The van der Waals surface area contributed by atoms with Crippen LogP contribution in [0.15, 0.2) is 72.9 Å². The Morgan fingerprint density at radius 2 is 1.57 bits per heavy atom. The van der Waals surface area contributed by atoms with Crippen molar-refractivity contribution < 1.29 is 4.79 Å². The van der Waals surface area contributed by atoms with Gasteiger partial charge in [0.1, 0.15) is 0 Å². The fourth-order valence-electron chi connectivity index (χ4n) is 3.51. The molecule has 2 heterocycles. The minimum Gasteiger partial charge on any atom is -0.361 e. The van der Waals surface area contributed by atoms with Gasteiger partial charge in [-0.2, -0.15) is 0 Å². The summed E-state index contributed by atoms with van der Waals surface area (Å²) in [6.45, 7) is 0.572. The predicted molar refractivity (Wildman–Crippen MR) is 111 cm³/mol. The molecule has 5 rings (SSSR count). The number of carbonyl (C=O) groups is 1.